The molecule has 1 aromatic carbocycles. The first-order chi connectivity index (χ1) is 7.81. The Balaban J connectivity index is 2.11. The summed E-state index contributed by atoms with van der Waals surface area (Å²) in [7, 11) is 0. The summed E-state index contributed by atoms with van der Waals surface area (Å²) in [6.45, 7) is 1.35. The Labute approximate surface area is 94.6 Å². The van der Waals surface area contributed by atoms with Crippen molar-refractivity contribution in [2.75, 3.05) is 13.2 Å². The monoisotopic (exact) mass is 215 g/mol. The van der Waals surface area contributed by atoms with Crippen molar-refractivity contribution in [3.05, 3.63) is 35.4 Å². The van der Waals surface area contributed by atoms with Gasteiger partial charge in [-0.15, -0.1) is 0 Å². The van der Waals surface area contributed by atoms with Crippen LogP contribution >= 0.6 is 0 Å². The summed E-state index contributed by atoms with van der Waals surface area (Å²) in [4.78, 5) is 12.1. The highest BCUT2D eigenvalue weighted by molar-refractivity contribution is 5.97. The molecule has 1 aromatic rings. The number of Topliss-reactive ketones (excluding diaryl/α,β-unsaturated/α-hetero) is 1. The van der Waals surface area contributed by atoms with Crippen LogP contribution in [0.4, 0.5) is 0 Å². The topological polar surface area (TPSA) is 50.1 Å². The number of nitrogens with zero attached hydrogens (tertiary/aromatic N) is 1. The predicted octanol–water partition coefficient (Wildman–Crippen LogP) is 2.17. The average molecular weight is 215 g/mol. The molecule has 1 aliphatic rings. The van der Waals surface area contributed by atoms with Gasteiger partial charge in [-0.3, -0.25) is 4.79 Å². The molecule has 2 rings (SSSR count). The van der Waals surface area contributed by atoms with E-state index in [-0.39, 0.29) is 11.7 Å². The number of carbonyl (C=O) groups is 1. The van der Waals surface area contributed by atoms with Gasteiger partial charge in [0.25, 0.3) is 0 Å². The first-order valence-corrected chi connectivity index (χ1v) is 5.43. The normalized spacial score (nSPS) is 16.7. The first-order valence-electron chi connectivity index (χ1n) is 5.43. The van der Waals surface area contributed by atoms with Crippen molar-refractivity contribution in [1.29, 1.82) is 5.26 Å². The van der Waals surface area contributed by atoms with E-state index in [0.717, 1.165) is 12.8 Å². The number of carbonyl (C=O) groups excluding carboxylic acids is 1. The lowest BCUT2D eigenvalue weighted by Gasteiger charge is -2.20. The van der Waals surface area contributed by atoms with Crippen molar-refractivity contribution < 1.29 is 9.53 Å². The van der Waals surface area contributed by atoms with Crippen molar-refractivity contribution >= 4 is 5.78 Å². The second kappa shape index (κ2) is 4.91. The van der Waals surface area contributed by atoms with Gasteiger partial charge in [-0.25, -0.2) is 0 Å². The number of nitriles is 1. The van der Waals surface area contributed by atoms with Gasteiger partial charge in [-0.05, 0) is 25.0 Å². The lowest BCUT2D eigenvalue weighted by molar-refractivity contribution is 0.0545. The summed E-state index contributed by atoms with van der Waals surface area (Å²) in [6, 6.07) is 8.88. The van der Waals surface area contributed by atoms with Gasteiger partial charge in [-0.2, -0.15) is 5.26 Å². The van der Waals surface area contributed by atoms with Crippen LogP contribution in [0, 0.1) is 17.2 Å². The highest BCUT2D eigenvalue weighted by Crippen LogP contribution is 2.20. The van der Waals surface area contributed by atoms with Crippen molar-refractivity contribution in [1.82, 2.24) is 0 Å². The Bertz CT molecular complexity index is 411. The van der Waals surface area contributed by atoms with E-state index in [1.165, 1.54) is 0 Å². The van der Waals surface area contributed by atoms with Gasteiger partial charge < -0.3 is 4.74 Å². The fraction of sp³-hybridized carbons (Fsp3) is 0.385. The third-order valence-electron chi connectivity index (χ3n) is 2.89. The molecular formula is C13H13NO2. The zero-order chi connectivity index (χ0) is 11.4. The largest absolute Gasteiger partial charge is 0.381 e. The second-order valence-corrected chi connectivity index (χ2v) is 3.94. The van der Waals surface area contributed by atoms with Crippen molar-refractivity contribution in [2.24, 2.45) is 5.92 Å². The number of hydrogen-bond donors (Lipinski definition) is 0. The highest BCUT2D eigenvalue weighted by atomic mass is 16.5. The Kier molecular flexibility index (Phi) is 3.33. The molecule has 0 spiro atoms. The van der Waals surface area contributed by atoms with E-state index in [1.54, 1.807) is 24.3 Å². The van der Waals surface area contributed by atoms with Crippen molar-refractivity contribution in [3.8, 4) is 6.07 Å². The van der Waals surface area contributed by atoms with E-state index in [1.807, 2.05) is 6.07 Å². The SMILES string of the molecule is N#Cc1ccc(C(=O)C2CCOCC2)cc1. The molecule has 0 amide bonds. The van der Waals surface area contributed by atoms with Gasteiger partial charge in [0.2, 0.25) is 0 Å². The average Bonchev–Trinajstić information content (AvgIpc) is 2.39. The van der Waals surface area contributed by atoms with Crippen LogP contribution < -0.4 is 0 Å². The summed E-state index contributed by atoms with van der Waals surface area (Å²) < 4.78 is 5.23. The molecular weight excluding hydrogens is 202 g/mol. The standard InChI is InChI=1S/C13H13NO2/c14-9-10-1-3-11(4-2-10)13(15)12-5-7-16-8-6-12/h1-4,12H,5-8H2. The molecule has 16 heavy (non-hydrogen) atoms. The summed E-state index contributed by atoms with van der Waals surface area (Å²) in [5.74, 6) is 0.259. The number of hydrogen-bond acceptors (Lipinski definition) is 3. The molecule has 0 atom stereocenters. The molecule has 0 N–H and O–H groups in total. The van der Waals surface area contributed by atoms with Gasteiger partial charge in [0, 0.05) is 24.7 Å². The zero-order valence-corrected chi connectivity index (χ0v) is 8.98. The lowest BCUT2D eigenvalue weighted by atomic mass is 9.91. The minimum Gasteiger partial charge on any atom is -0.381 e. The molecule has 1 fully saturated rings. The van der Waals surface area contributed by atoms with Crippen molar-refractivity contribution in [3.63, 3.8) is 0 Å². The molecule has 1 saturated heterocycles. The minimum atomic E-state index is 0.0849. The quantitative estimate of drug-likeness (QED) is 0.710. The summed E-state index contributed by atoms with van der Waals surface area (Å²) >= 11 is 0. The molecule has 3 heteroatoms. The van der Waals surface area contributed by atoms with E-state index in [4.69, 9.17) is 10.00 Å². The Morgan fingerprint density at radius 1 is 1.25 bits per heavy atom. The predicted molar refractivity (Wildman–Crippen MR) is 59.0 cm³/mol. The van der Waals surface area contributed by atoms with E-state index in [9.17, 15) is 4.79 Å². The maximum absolute atomic E-state index is 12.1. The summed E-state index contributed by atoms with van der Waals surface area (Å²) in [6.07, 6.45) is 1.61. The van der Waals surface area contributed by atoms with Crippen LogP contribution in [0.2, 0.25) is 0 Å². The van der Waals surface area contributed by atoms with E-state index in [2.05, 4.69) is 0 Å². The third kappa shape index (κ3) is 2.29. The van der Waals surface area contributed by atoms with Crippen LogP contribution in [0.1, 0.15) is 28.8 Å². The van der Waals surface area contributed by atoms with E-state index >= 15 is 0 Å². The van der Waals surface area contributed by atoms with Gasteiger partial charge in [0.05, 0.1) is 11.6 Å². The molecule has 0 radical (unpaired) electrons. The summed E-state index contributed by atoms with van der Waals surface area (Å²) in [5.41, 5.74) is 1.29. The fourth-order valence-corrected chi connectivity index (χ4v) is 1.90. The second-order valence-electron chi connectivity index (χ2n) is 3.94. The smallest absolute Gasteiger partial charge is 0.166 e. The number of ether oxygens (including phenoxy) is 1. The first kappa shape index (κ1) is 10.8. The maximum Gasteiger partial charge on any atom is 0.166 e. The number of rotatable bonds is 2. The molecule has 0 aromatic heterocycles. The number of ketones is 1. The Morgan fingerprint density at radius 2 is 1.88 bits per heavy atom. The van der Waals surface area contributed by atoms with Crippen LogP contribution in [-0.4, -0.2) is 19.0 Å². The molecule has 82 valence electrons. The van der Waals surface area contributed by atoms with E-state index in [0.29, 0.717) is 24.3 Å². The molecule has 0 unspecified atom stereocenters. The minimum absolute atomic E-state index is 0.0849. The number of benzene rings is 1. The Morgan fingerprint density at radius 3 is 2.44 bits per heavy atom. The zero-order valence-electron chi connectivity index (χ0n) is 8.98. The molecule has 0 aliphatic carbocycles. The van der Waals surface area contributed by atoms with Crippen LogP contribution in [-0.2, 0) is 4.74 Å². The fourth-order valence-electron chi connectivity index (χ4n) is 1.90. The molecule has 0 bridgehead atoms. The van der Waals surface area contributed by atoms with Gasteiger partial charge in [0.15, 0.2) is 5.78 Å². The third-order valence-corrected chi connectivity index (χ3v) is 2.89. The molecule has 1 heterocycles. The van der Waals surface area contributed by atoms with E-state index < -0.39 is 0 Å². The molecule has 0 saturated carbocycles. The Hall–Kier alpha value is -1.66. The molecule has 3 nitrogen and oxygen atoms in total. The van der Waals surface area contributed by atoms with Gasteiger partial charge in [0.1, 0.15) is 0 Å². The van der Waals surface area contributed by atoms with Crippen LogP contribution in [0.5, 0.6) is 0 Å². The summed E-state index contributed by atoms with van der Waals surface area (Å²) in [5, 5.41) is 8.66. The van der Waals surface area contributed by atoms with Crippen LogP contribution in [0.15, 0.2) is 24.3 Å². The molecule has 1 aliphatic heterocycles. The maximum atomic E-state index is 12.1. The van der Waals surface area contributed by atoms with Crippen LogP contribution in [0.25, 0.3) is 0 Å². The van der Waals surface area contributed by atoms with Gasteiger partial charge >= 0.3 is 0 Å². The van der Waals surface area contributed by atoms with Crippen molar-refractivity contribution in [2.45, 2.75) is 12.8 Å². The van der Waals surface area contributed by atoms with Crippen LogP contribution in [0.3, 0.4) is 0 Å². The highest BCUT2D eigenvalue weighted by Gasteiger charge is 2.22. The lowest BCUT2D eigenvalue weighted by Crippen LogP contribution is -2.23. The van der Waals surface area contributed by atoms with Gasteiger partial charge in [-0.1, -0.05) is 12.1 Å².